The van der Waals surface area contributed by atoms with Crippen molar-refractivity contribution in [1.82, 2.24) is 5.32 Å². The highest BCUT2D eigenvalue weighted by atomic mass is 35.5. The summed E-state index contributed by atoms with van der Waals surface area (Å²) in [7, 11) is -3.93. The van der Waals surface area contributed by atoms with Crippen LogP contribution >= 0.6 is 11.6 Å². The average Bonchev–Trinajstić information content (AvgIpc) is 2.83. The second kappa shape index (κ2) is 9.45. The van der Waals surface area contributed by atoms with Crippen LogP contribution in [0.15, 0.2) is 77.7 Å². The maximum absolute atomic E-state index is 13.4. The Morgan fingerprint density at radius 1 is 1.12 bits per heavy atom. The molecule has 0 saturated heterocycles. The lowest BCUT2D eigenvalue weighted by Crippen LogP contribution is -2.51. The third kappa shape index (κ3) is 4.84. The summed E-state index contributed by atoms with van der Waals surface area (Å²) in [6.07, 6.45) is -0.0824. The summed E-state index contributed by atoms with van der Waals surface area (Å²) in [4.78, 5) is 13.2. The van der Waals surface area contributed by atoms with E-state index in [2.05, 4.69) is 12.2 Å². The lowest BCUT2D eigenvalue weighted by atomic mass is 10.0. The summed E-state index contributed by atoms with van der Waals surface area (Å²) < 4.78 is 34.0. The van der Waals surface area contributed by atoms with Crippen molar-refractivity contribution in [2.24, 2.45) is 0 Å². The van der Waals surface area contributed by atoms with Crippen LogP contribution in [0.4, 0.5) is 5.69 Å². The van der Waals surface area contributed by atoms with Crippen LogP contribution in [-0.2, 0) is 21.2 Å². The Balaban J connectivity index is 1.61. The highest BCUT2D eigenvalue weighted by Crippen LogP contribution is 2.39. The molecule has 3 aromatic carbocycles. The molecule has 0 aliphatic carbocycles. The van der Waals surface area contributed by atoms with Crippen LogP contribution in [-0.4, -0.2) is 27.0 Å². The minimum absolute atomic E-state index is 0.126. The predicted molar refractivity (Wildman–Crippen MR) is 129 cm³/mol. The molecule has 0 bridgehead atoms. The first-order valence-electron chi connectivity index (χ1n) is 10.7. The minimum atomic E-state index is -3.93. The smallest absolute Gasteiger partial charge is 0.264 e. The zero-order chi connectivity index (χ0) is 23.6. The van der Waals surface area contributed by atoms with Gasteiger partial charge in [-0.2, -0.15) is 0 Å². The number of carbonyl (C=O) groups excluding carboxylic acids is 1. The summed E-state index contributed by atoms with van der Waals surface area (Å²) >= 11 is 6.14. The van der Waals surface area contributed by atoms with Gasteiger partial charge < -0.3 is 10.1 Å². The molecule has 0 unspecified atom stereocenters. The molecule has 1 amide bonds. The number of carbonyl (C=O) groups is 1. The van der Waals surface area contributed by atoms with Crippen molar-refractivity contribution in [1.29, 1.82) is 0 Å². The van der Waals surface area contributed by atoms with Gasteiger partial charge in [0.1, 0.15) is 5.75 Å². The van der Waals surface area contributed by atoms with Gasteiger partial charge in [-0.25, -0.2) is 8.42 Å². The highest BCUT2D eigenvalue weighted by Gasteiger charge is 2.38. The number of aryl methyl sites for hydroxylation is 1. The summed E-state index contributed by atoms with van der Waals surface area (Å²) in [6.45, 7) is 3.80. The van der Waals surface area contributed by atoms with Crippen LogP contribution in [0.1, 0.15) is 31.0 Å². The van der Waals surface area contributed by atoms with E-state index in [-0.39, 0.29) is 23.2 Å². The molecule has 3 aromatic rings. The Hall–Kier alpha value is -3.03. The lowest BCUT2D eigenvalue weighted by molar-refractivity contribution is -0.128. The molecule has 1 heterocycles. The third-order valence-corrected chi connectivity index (χ3v) is 7.69. The fourth-order valence-electron chi connectivity index (χ4n) is 3.74. The molecule has 2 atom stereocenters. The number of sulfonamides is 1. The number of nitrogens with one attached hydrogen (secondary N) is 1. The molecule has 0 radical (unpaired) electrons. The second-order valence-electron chi connectivity index (χ2n) is 7.89. The van der Waals surface area contributed by atoms with Gasteiger partial charge >= 0.3 is 0 Å². The number of anilines is 1. The second-order valence-corrected chi connectivity index (χ2v) is 10.2. The number of hydrogen-bond acceptors (Lipinski definition) is 4. The topological polar surface area (TPSA) is 75.7 Å². The molecule has 6 nitrogen and oxygen atoms in total. The van der Waals surface area contributed by atoms with E-state index in [4.69, 9.17) is 16.3 Å². The Morgan fingerprint density at radius 3 is 2.48 bits per heavy atom. The fourth-order valence-corrected chi connectivity index (χ4v) is 5.40. The number of fused-ring (bicyclic) bond motifs is 1. The van der Waals surface area contributed by atoms with Crippen molar-refractivity contribution in [3.8, 4) is 5.75 Å². The van der Waals surface area contributed by atoms with Crippen LogP contribution in [0.3, 0.4) is 0 Å². The van der Waals surface area contributed by atoms with Crippen molar-refractivity contribution in [2.45, 2.75) is 37.3 Å². The number of benzene rings is 3. The first-order valence-corrected chi connectivity index (χ1v) is 12.5. The van der Waals surface area contributed by atoms with Crippen LogP contribution in [0, 0.1) is 0 Å². The van der Waals surface area contributed by atoms with Gasteiger partial charge in [0.15, 0.2) is 6.10 Å². The number of nitrogens with zero attached hydrogens (tertiary/aromatic N) is 1. The molecule has 1 N–H and O–H groups in total. The third-order valence-electron chi connectivity index (χ3n) is 5.66. The van der Waals surface area contributed by atoms with E-state index in [1.165, 1.54) is 28.1 Å². The van der Waals surface area contributed by atoms with Gasteiger partial charge in [-0.1, -0.05) is 61.0 Å². The number of rotatable bonds is 6. The van der Waals surface area contributed by atoms with E-state index in [1.807, 2.05) is 31.2 Å². The molecule has 8 heteroatoms. The Bertz CT molecular complexity index is 1250. The molecule has 0 aromatic heterocycles. The zero-order valence-corrected chi connectivity index (χ0v) is 19.9. The number of hydrogen-bond donors (Lipinski definition) is 1. The molecular formula is C25H25ClN2O4S. The molecular weight excluding hydrogens is 460 g/mol. The number of amides is 1. The minimum Gasteiger partial charge on any atom is -0.476 e. The number of ether oxygens (including phenoxy) is 1. The van der Waals surface area contributed by atoms with Gasteiger partial charge in [0.25, 0.3) is 15.9 Å². The van der Waals surface area contributed by atoms with Gasteiger partial charge in [-0.3, -0.25) is 9.10 Å². The van der Waals surface area contributed by atoms with Crippen molar-refractivity contribution in [3.63, 3.8) is 0 Å². The van der Waals surface area contributed by atoms with E-state index < -0.39 is 22.0 Å². The van der Waals surface area contributed by atoms with Crippen LogP contribution < -0.4 is 14.4 Å². The van der Waals surface area contributed by atoms with Crippen molar-refractivity contribution in [2.75, 3.05) is 10.8 Å². The zero-order valence-electron chi connectivity index (χ0n) is 18.4. The summed E-state index contributed by atoms with van der Waals surface area (Å²) in [5.74, 6) is -0.110. The quantitative estimate of drug-likeness (QED) is 0.548. The Morgan fingerprint density at radius 2 is 1.82 bits per heavy atom. The molecule has 0 spiro atoms. The standard InChI is InChI=1S/C25H25ClN2O4S/c1-3-18-9-11-19(12-10-18)17(2)27-25(29)24-16-28(22-15-20(26)13-14-23(22)32-24)33(30,31)21-7-5-4-6-8-21/h4-15,17,24H,3,16H2,1-2H3,(H,27,29)/t17-,24-/m0/s1. The SMILES string of the molecule is CCc1ccc([C@H](C)NC(=O)[C@@H]2CN(S(=O)(=O)c3ccccc3)c3cc(Cl)ccc3O2)cc1. The normalized spacial score (nSPS) is 16.5. The number of halogens is 1. The molecule has 33 heavy (non-hydrogen) atoms. The van der Waals surface area contributed by atoms with Crippen molar-refractivity contribution >= 4 is 33.2 Å². The summed E-state index contributed by atoms with van der Waals surface area (Å²) in [5.41, 5.74) is 2.47. The largest absolute Gasteiger partial charge is 0.476 e. The van der Waals surface area contributed by atoms with Crippen LogP contribution in [0.5, 0.6) is 5.75 Å². The maximum Gasteiger partial charge on any atom is 0.264 e. The Labute approximate surface area is 199 Å². The van der Waals surface area contributed by atoms with Gasteiger partial charge in [0.05, 0.1) is 23.2 Å². The molecule has 172 valence electrons. The fraction of sp³-hybridized carbons (Fsp3) is 0.240. The summed E-state index contributed by atoms with van der Waals surface area (Å²) in [5, 5.41) is 3.32. The van der Waals surface area contributed by atoms with Crippen molar-refractivity contribution < 1.29 is 17.9 Å². The first kappa shape index (κ1) is 23.1. The molecule has 4 rings (SSSR count). The monoisotopic (exact) mass is 484 g/mol. The van der Waals surface area contributed by atoms with Gasteiger partial charge in [0.2, 0.25) is 0 Å². The van der Waals surface area contributed by atoms with E-state index >= 15 is 0 Å². The van der Waals surface area contributed by atoms with Crippen molar-refractivity contribution in [3.05, 3.63) is 88.9 Å². The molecule has 0 fully saturated rings. The van der Waals surface area contributed by atoms with Gasteiger partial charge in [0, 0.05) is 5.02 Å². The lowest BCUT2D eigenvalue weighted by Gasteiger charge is -2.35. The van der Waals surface area contributed by atoms with Gasteiger partial charge in [-0.15, -0.1) is 0 Å². The summed E-state index contributed by atoms with van der Waals surface area (Å²) in [6, 6.07) is 20.6. The molecule has 1 aliphatic rings. The average molecular weight is 485 g/mol. The Kier molecular flexibility index (Phi) is 6.63. The van der Waals surface area contributed by atoms with Crippen LogP contribution in [0.2, 0.25) is 5.02 Å². The predicted octanol–water partition coefficient (Wildman–Crippen LogP) is 4.74. The first-order chi connectivity index (χ1) is 15.8. The van der Waals surface area contributed by atoms with E-state index in [9.17, 15) is 13.2 Å². The maximum atomic E-state index is 13.4. The van der Waals surface area contributed by atoms with E-state index in [0.717, 1.165) is 12.0 Å². The highest BCUT2D eigenvalue weighted by molar-refractivity contribution is 7.92. The van der Waals surface area contributed by atoms with E-state index in [1.54, 1.807) is 30.3 Å². The van der Waals surface area contributed by atoms with E-state index in [0.29, 0.717) is 10.7 Å². The molecule has 0 saturated carbocycles. The molecule has 1 aliphatic heterocycles. The van der Waals surface area contributed by atoms with Gasteiger partial charge in [-0.05, 0) is 54.8 Å². The van der Waals surface area contributed by atoms with Crippen LogP contribution in [0.25, 0.3) is 0 Å².